The summed E-state index contributed by atoms with van der Waals surface area (Å²) in [5.41, 5.74) is 2.83. The van der Waals surface area contributed by atoms with E-state index in [9.17, 15) is 14.7 Å². The predicted octanol–water partition coefficient (Wildman–Crippen LogP) is 4.02. The molecule has 28 heavy (non-hydrogen) atoms. The molecule has 4 rings (SSSR count). The number of rotatable bonds is 3. The minimum atomic E-state index is -0.753. The molecule has 0 bridgehead atoms. The standard InChI is InChI=1S/C23H18N2O3/c1-15-9-11-18(12-10-15)25-20(17-8-5-13-24-14-17)19(22(27)23(25)28)21(26)16-6-3-2-4-7-16/h2-14,20,26H,1H3/b21-19-. The van der Waals surface area contributed by atoms with Crippen LogP contribution in [-0.4, -0.2) is 21.8 Å². The molecule has 1 aliphatic heterocycles. The van der Waals surface area contributed by atoms with E-state index in [4.69, 9.17) is 0 Å². The summed E-state index contributed by atoms with van der Waals surface area (Å²) in [4.78, 5) is 31.4. The van der Waals surface area contributed by atoms with Crippen molar-refractivity contribution in [1.29, 1.82) is 0 Å². The maximum atomic E-state index is 12.9. The van der Waals surface area contributed by atoms with Gasteiger partial charge in [0.1, 0.15) is 5.76 Å². The summed E-state index contributed by atoms with van der Waals surface area (Å²) in [7, 11) is 0. The molecule has 138 valence electrons. The van der Waals surface area contributed by atoms with Crippen molar-refractivity contribution in [3.63, 3.8) is 0 Å². The molecule has 5 heteroatoms. The molecule has 1 aromatic heterocycles. The highest BCUT2D eigenvalue weighted by molar-refractivity contribution is 6.51. The summed E-state index contributed by atoms with van der Waals surface area (Å²) in [5.74, 6) is -1.58. The summed E-state index contributed by atoms with van der Waals surface area (Å²) in [6.07, 6.45) is 3.23. The van der Waals surface area contributed by atoms with Crippen LogP contribution in [0.3, 0.4) is 0 Å². The molecule has 0 saturated carbocycles. The molecule has 0 aliphatic carbocycles. The number of anilines is 1. The van der Waals surface area contributed by atoms with Crippen molar-refractivity contribution in [2.45, 2.75) is 13.0 Å². The van der Waals surface area contributed by atoms with Crippen molar-refractivity contribution in [2.24, 2.45) is 0 Å². The Morgan fingerprint density at radius 1 is 0.964 bits per heavy atom. The van der Waals surface area contributed by atoms with Crippen LogP contribution in [0.1, 0.15) is 22.7 Å². The zero-order valence-corrected chi connectivity index (χ0v) is 15.2. The molecular formula is C23H18N2O3. The lowest BCUT2D eigenvalue weighted by atomic mass is 9.96. The molecule has 1 N–H and O–H groups in total. The van der Waals surface area contributed by atoms with Crippen molar-refractivity contribution in [3.8, 4) is 0 Å². The molecule has 1 aliphatic rings. The van der Waals surface area contributed by atoms with E-state index in [1.165, 1.54) is 4.90 Å². The Kier molecular flexibility index (Phi) is 4.49. The maximum Gasteiger partial charge on any atom is 0.300 e. The van der Waals surface area contributed by atoms with Crippen molar-refractivity contribution < 1.29 is 14.7 Å². The lowest BCUT2D eigenvalue weighted by Gasteiger charge is -2.25. The molecule has 0 spiro atoms. The third kappa shape index (κ3) is 2.97. The number of amides is 1. The molecule has 1 amide bonds. The number of aliphatic hydroxyl groups excluding tert-OH is 1. The van der Waals surface area contributed by atoms with Crippen LogP contribution in [0.15, 0.2) is 84.7 Å². The van der Waals surface area contributed by atoms with Crippen molar-refractivity contribution in [3.05, 3.63) is 101 Å². The van der Waals surface area contributed by atoms with Crippen molar-refractivity contribution >= 4 is 23.1 Å². The van der Waals surface area contributed by atoms with Crippen LogP contribution in [0.2, 0.25) is 0 Å². The van der Waals surface area contributed by atoms with Gasteiger partial charge in [0.05, 0.1) is 11.6 Å². The number of hydrogen-bond donors (Lipinski definition) is 1. The van der Waals surface area contributed by atoms with Gasteiger partial charge in [-0.05, 0) is 30.7 Å². The summed E-state index contributed by atoms with van der Waals surface area (Å²) in [5, 5.41) is 10.9. The third-order valence-electron chi connectivity index (χ3n) is 4.80. The Morgan fingerprint density at radius 2 is 1.68 bits per heavy atom. The highest BCUT2D eigenvalue weighted by Crippen LogP contribution is 2.41. The summed E-state index contributed by atoms with van der Waals surface area (Å²) in [6.45, 7) is 1.95. The maximum absolute atomic E-state index is 12.9. The lowest BCUT2D eigenvalue weighted by Crippen LogP contribution is -2.29. The second-order valence-corrected chi connectivity index (χ2v) is 6.66. The quantitative estimate of drug-likeness (QED) is 0.429. The first kappa shape index (κ1) is 17.7. The first-order valence-corrected chi connectivity index (χ1v) is 8.91. The van der Waals surface area contributed by atoms with E-state index in [1.807, 2.05) is 25.1 Å². The second kappa shape index (κ2) is 7.12. The Bertz CT molecular complexity index is 1060. The van der Waals surface area contributed by atoms with Crippen LogP contribution in [0.5, 0.6) is 0 Å². The van der Waals surface area contributed by atoms with Crippen LogP contribution in [0.25, 0.3) is 5.76 Å². The SMILES string of the molecule is Cc1ccc(N2C(=O)C(=O)/C(=C(\O)c3ccccc3)C2c2cccnc2)cc1. The van der Waals surface area contributed by atoms with Gasteiger partial charge in [-0.2, -0.15) is 0 Å². The van der Waals surface area contributed by atoms with Gasteiger partial charge in [-0.15, -0.1) is 0 Å². The smallest absolute Gasteiger partial charge is 0.300 e. The monoisotopic (exact) mass is 370 g/mol. The predicted molar refractivity (Wildman–Crippen MR) is 107 cm³/mol. The third-order valence-corrected chi connectivity index (χ3v) is 4.80. The Labute approximate surface area is 162 Å². The fourth-order valence-corrected chi connectivity index (χ4v) is 3.41. The molecule has 2 aromatic carbocycles. The fraction of sp³-hybridized carbons (Fsp3) is 0.0870. The van der Waals surface area contributed by atoms with Crippen LogP contribution in [0.4, 0.5) is 5.69 Å². The average molecular weight is 370 g/mol. The molecule has 1 atom stereocenters. The number of benzene rings is 2. The molecule has 2 heterocycles. The number of hydrogen-bond acceptors (Lipinski definition) is 4. The van der Waals surface area contributed by atoms with Gasteiger partial charge >= 0.3 is 0 Å². The Hall–Kier alpha value is -3.73. The van der Waals surface area contributed by atoms with Crippen LogP contribution < -0.4 is 4.90 Å². The van der Waals surface area contributed by atoms with Gasteiger partial charge in [-0.25, -0.2) is 0 Å². The van der Waals surface area contributed by atoms with Crippen molar-refractivity contribution in [1.82, 2.24) is 4.98 Å². The molecule has 1 unspecified atom stereocenters. The Morgan fingerprint density at radius 3 is 2.32 bits per heavy atom. The lowest BCUT2D eigenvalue weighted by molar-refractivity contribution is -0.132. The van der Waals surface area contributed by atoms with Gasteiger partial charge in [0.2, 0.25) is 0 Å². The van der Waals surface area contributed by atoms with E-state index in [2.05, 4.69) is 4.98 Å². The van der Waals surface area contributed by atoms with E-state index < -0.39 is 17.7 Å². The summed E-state index contributed by atoms with van der Waals surface area (Å²) in [6, 6.07) is 18.9. The fourth-order valence-electron chi connectivity index (χ4n) is 3.41. The Balaban J connectivity index is 1.94. The first-order valence-electron chi connectivity index (χ1n) is 8.91. The topological polar surface area (TPSA) is 70.5 Å². The minimum Gasteiger partial charge on any atom is -0.507 e. The van der Waals surface area contributed by atoms with Gasteiger partial charge in [-0.3, -0.25) is 19.5 Å². The molecule has 3 aromatic rings. The molecule has 1 fully saturated rings. The molecule has 1 saturated heterocycles. The second-order valence-electron chi connectivity index (χ2n) is 6.66. The zero-order valence-electron chi connectivity index (χ0n) is 15.2. The normalized spacial score (nSPS) is 18.5. The number of carbonyl (C=O) groups excluding carboxylic acids is 2. The largest absolute Gasteiger partial charge is 0.507 e. The van der Waals surface area contributed by atoms with Gasteiger partial charge < -0.3 is 5.11 Å². The number of Topliss-reactive ketones (excluding diaryl/α,β-unsaturated/α-hetero) is 1. The average Bonchev–Trinajstić information content (AvgIpc) is 3.00. The highest BCUT2D eigenvalue weighted by atomic mass is 16.3. The van der Waals surface area contributed by atoms with Gasteiger partial charge in [-0.1, -0.05) is 54.1 Å². The van der Waals surface area contributed by atoms with E-state index in [-0.39, 0.29) is 11.3 Å². The summed E-state index contributed by atoms with van der Waals surface area (Å²) >= 11 is 0. The number of aliphatic hydroxyl groups is 1. The zero-order chi connectivity index (χ0) is 19.7. The van der Waals surface area contributed by atoms with Crippen LogP contribution >= 0.6 is 0 Å². The number of pyridine rings is 1. The van der Waals surface area contributed by atoms with Gasteiger partial charge in [0.15, 0.2) is 0 Å². The van der Waals surface area contributed by atoms with Gasteiger partial charge in [0.25, 0.3) is 11.7 Å². The van der Waals surface area contributed by atoms with Crippen LogP contribution in [-0.2, 0) is 9.59 Å². The molecular weight excluding hydrogens is 352 g/mol. The number of aryl methyl sites for hydroxylation is 1. The first-order chi connectivity index (χ1) is 13.6. The number of nitrogens with zero attached hydrogens (tertiary/aromatic N) is 2. The highest BCUT2D eigenvalue weighted by Gasteiger charge is 2.47. The van der Waals surface area contributed by atoms with E-state index >= 15 is 0 Å². The van der Waals surface area contributed by atoms with E-state index in [1.54, 1.807) is 60.9 Å². The van der Waals surface area contributed by atoms with Crippen LogP contribution in [0, 0.1) is 6.92 Å². The molecule has 5 nitrogen and oxygen atoms in total. The number of carbonyl (C=O) groups is 2. The van der Waals surface area contributed by atoms with Gasteiger partial charge in [0, 0.05) is 23.6 Å². The minimum absolute atomic E-state index is 0.0600. The van der Waals surface area contributed by atoms with E-state index in [0.717, 1.165) is 5.56 Å². The number of ketones is 1. The van der Waals surface area contributed by atoms with E-state index in [0.29, 0.717) is 16.8 Å². The molecule has 0 radical (unpaired) electrons. The summed E-state index contributed by atoms with van der Waals surface area (Å²) < 4.78 is 0. The van der Waals surface area contributed by atoms with Crippen molar-refractivity contribution in [2.75, 3.05) is 4.90 Å². The number of aromatic nitrogens is 1.